The number of benzene rings is 1. The first kappa shape index (κ1) is 24.4. The summed E-state index contributed by atoms with van der Waals surface area (Å²) >= 11 is 0. The molecule has 37 heavy (non-hydrogen) atoms. The van der Waals surface area contributed by atoms with Gasteiger partial charge in [0.05, 0.1) is 18.3 Å². The van der Waals surface area contributed by atoms with Crippen LogP contribution in [0.3, 0.4) is 0 Å². The lowest BCUT2D eigenvalue weighted by molar-refractivity contribution is -0.141. The summed E-state index contributed by atoms with van der Waals surface area (Å²) in [6, 6.07) is 13.8. The van der Waals surface area contributed by atoms with Crippen LogP contribution in [0, 0.1) is 0 Å². The van der Waals surface area contributed by atoms with Crippen LogP contribution < -0.4 is 5.32 Å². The highest BCUT2D eigenvalue weighted by atomic mass is 16.3. The van der Waals surface area contributed by atoms with Gasteiger partial charge in [0.1, 0.15) is 23.9 Å². The number of fused-ring (bicyclic) bond motifs is 1. The average Bonchev–Trinajstić information content (AvgIpc) is 3.61. The van der Waals surface area contributed by atoms with Gasteiger partial charge in [-0.15, -0.1) is 5.10 Å². The summed E-state index contributed by atoms with van der Waals surface area (Å²) in [5.41, 5.74) is 3.52. The number of aromatic nitrogens is 4. The number of hydrogen-bond acceptors (Lipinski definition) is 6. The molecule has 4 aromatic rings. The topological polar surface area (TPSA) is 106 Å². The minimum atomic E-state index is -0.829. The Kier molecular flexibility index (Phi) is 7.69. The van der Waals surface area contributed by atoms with Gasteiger partial charge in [0.2, 0.25) is 11.8 Å². The second-order valence-corrected chi connectivity index (χ2v) is 9.16. The molecular weight excluding hydrogens is 468 g/mol. The van der Waals surface area contributed by atoms with Gasteiger partial charge in [-0.05, 0) is 74.1 Å². The first-order valence-corrected chi connectivity index (χ1v) is 12.6. The Labute approximate surface area is 215 Å². The maximum atomic E-state index is 13.9. The molecule has 1 aliphatic rings. The quantitative estimate of drug-likeness (QED) is 0.329. The van der Waals surface area contributed by atoms with Crippen LogP contribution in [-0.2, 0) is 22.7 Å². The van der Waals surface area contributed by atoms with Gasteiger partial charge in [0, 0.05) is 18.9 Å². The van der Waals surface area contributed by atoms with E-state index in [1.807, 2.05) is 24.3 Å². The Morgan fingerprint density at radius 1 is 1.08 bits per heavy atom. The second-order valence-electron chi connectivity index (χ2n) is 9.16. The number of carbonyl (C=O) groups is 2. The molecule has 190 valence electrons. The minimum Gasteiger partial charge on any atom is -0.467 e. The normalized spacial score (nSPS) is 14.2. The summed E-state index contributed by atoms with van der Waals surface area (Å²) in [6.07, 6.45) is 12.3. The molecule has 0 unspecified atom stereocenters. The van der Waals surface area contributed by atoms with Crippen molar-refractivity contribution in [1.82, 2.24) is 30.2 Å². The van der Waals surface area contributed by atoms with E-state index in [9.17, 15) is 9.59 Å². The van der Waals surface area contributed by atoms with Crippen LogP contribution in [0.4, 0.5) is 0 Å². The molecule has 9 nitrogen and oxygen atoms in total. The van der Waals surface area contributed by atoms with Crippen molar-refractivity contribution in [3.05, 3.63) is 90.2 Å². The zero-order valence-electron chi connectivity index (χ0n) is 20.6. The molecule has 0 bridgehead atoms. The van der Waals surface area contributed by atoms with Crippen molar-refractivity contribution in [1.29, 1.82) is 0 Å². The number of furan rings is 1. The van der Waals surface area contributed by atoms with Crippen molar-refractivity contribution in [2.75, 3.05) is 6.54 Å². The van der Waals surface area contributed by atoms with Crippen molar-refractivity contribution < 1.29 is 14.0 Å². The standard InChI is InChI=1S/C28H30N6O3/c35-26(20-34-25-11-5-4-10-24(25)31-32-34)33(17-14-21-7-2-1-3-8-21)27(22-12-15-29-16-13-22)28(36)30-19-23-9-6-18-37-23/h4-7,9-13,15-16,18,27H,1-3,8,14,17,19-20H2,(H,30,36)/t27-/m1/s1. The van der Waals surface area contributed by atoms with Crippen LogP contribution in [0.5, 0.6) is 0 Å². The van der Waals surface area contributed by atoms with E-state index in [0.717, 1.165) is 36.7 Å². The van der Waals surface area contributed by atoms with E-state index < -0.39 is 6.04 Å². The monoisotopic (exact) mass is 498 g/mol. The van der Waals surface area contributed by atoms with Gasteiger partial charge >= 0.3 is 0 Å². The van der Waals surface area contributed by atoms with E-state index in [4.69, 9.17) is 4.42 Å². The Balaban J connectivity index is 1.44. The molecule has 3 heterocycles. The summed E-state index contributed by atoms with van der Waals surface area (Å²) in [5.74, 6) is 0.153. The summed E-state index contributed by atoms with van der Waals surface area (Å²) < 4.78 is 6.98. The number of para-hydroxylation sites is 1. The molecule has 5 rings (SSSR count). The highest BCUT2D eigenvalue weighted by molar-refractivity contribution is 5.89. The van der Waals surface area contributed by atoms with Crippen molar-refractivity contribution in [3.8, 4) is 0 Å². The Hall–Kier alpha value is -4.27. The van der Waals surface area contributed by atoms with Crippen LogP contribution in [0.15, 0.2) is 83.3 Å². The highest BCUT2D eigenvalue weighted by Gasteiger charge is 2.32. The number of carbonyl (C=O) groups excluding carboxylic acids is 2. The predicted molar refractivity (Wildman–Crippen MR) is 138 cm³/mol. The number of allylic oxidation sites excluding steroid dienone is 1. The van der Waals surface area contributed by atoms with E-state index in [2.05, 4.69) is 26.7 Å². The molecule has 2 amide bonds. The molecular formula is C28H30N6O3. The number of pyridine rings is 1. The van der Waals surface area contributed by atoms with Crippen molar-refractivity contribution in [2.24, 2.45) is 0 Å². The van der Waals surface area contributed by atoms with Crippen molar-refractivity contribution in [2.45, 2.75) is 51.2 Å². The number of nitrogens with one attached hydrogen (secondary N) is 1. The van der Waals surface area contributed by atoms with Gasteiger partial charge in [0.25, 0.3) is 0 Å². The summed E-state index contributed by atoms with van der Waals surface area (Å²) in [4.78, 5) is 33.3. The largest absolute Gasteiger partial charge is 0.467 e. The summed E-state index contributed by atoms with van der Waals surface area (Å²) in [7, 11) is 0. The molecule has 1 atom stereocenters. The molecule has 0 fully saturated rings. The van der Waals surface area contributed by atoms with Crippen LogP contribution >= 0.6 is 0 Å². The Bertz CT molecular complexity index is 1360. The van der Waals surface area contributed by atoms with Crippen LogP contribution in [0.25, 0.3) is 11.0 Å². The highest BCUT2D eigenvalue weighted by Crippen LogP contribution is 2.26. The van der Waals surface area contributed by atoms with E-state index in [-0.39, 0.29) is 24.9 Å². The first-order valence-electron chi connectivity index (χ1n) is 12.6. The van der Waals surface area contributed by atoms with E-state index in [1.165, 1.54) is 12.0 Å². The SMILES string of the molecule is O=C(NCc1ccco1)[C@@H](c1ccncc1)N(CCC1=CCCCC1)C(=O)Cn1nnc2ccccc21. The fourth-order valence-electron chi connectivity index (χ4n) is 4.75. The van der Waals surface area contributed by atoms with Gasteiger partial charge in [0.15, 0.2) is 0 Å². The third kappa shape index (κ3) is 5.94. The lowest BCUT2D eigenvalue weighted by Gasteiger charge is -2.32. The van der Waals surface area contributed by atoms with Gasteiger partial charge in [-0.2, -0.15) is 0 Å². The zero-order valence-corrected chi connectivity index (χ0v) is 20.6. The van der Waals surface area contributed by atoms with Gasteiger partial charge in [-0.25, -0.2) is 4.68 Å². The zero-order chi connectivity index (χ0) is 25.5. The maximum absolute atomic E-state index is 13.9. The lowest BCUT2D eigenvalue weighted by Crippen LogP contribution is -2.45. The fourth-order valence-corrected chi connectivity index (χ4v) is 4.75. The van der Waals surface area contributed by atoms with Gasteiger partial charge < -0.3 is 14.6 Å². The smallest absolute Gasteiger partial charge is 0.247 e. The minimum absolute atomic E-state index is 0.0212. The fraction of sp³-hybridized carbons (Fsp3) is 0.321. The summed E-state index contributed by atoms with van der Waals surface area (Å²) in [5, 5.41) is 11.3. The second kappa shape index (κ2) is 11.6. The molecule has 9 heteroatoms. The molecule has 0 aliphatic heterocycles. The molecule has 0 radical (unpaired) electrons. The van der Waals surface area contributed by atoms with E-state index in [1.54, 1.807) is 52.5 Å². The van der Waals surface area contributed by atoms with Crippen molar-refractivity contribution in [3.63, 3.8) is 0 Å². The van der Waals surface area contributed by atoms with Gasteiger partial charge in [-0.1, -0.05) is 29.0 Å². The Morgan fingerprint density at radius 3 is 2.73 bits per heavy atom. The van der Waals surface area contributed by atoms with Gasteiger partial charge in [-0.3, -0.25) is 14.6 Å². The third-order valence-corrected chi connectivity index (χ3v) is 6.68. The average molecular weight is 499 g/mol. The Morgan fingerprint density at radius 2 is 1.95 bits per heavy atom. The van der Waals surface area contributed by atoms with E-state index >= 15 is 0 Å². The molecule has 0 saturated heterocycles. The number of rotatable bonds is 10. The molecule has 0 saturated carbocycles. The molecule has 1 aromatic carbocycles. The number of nitrogens with zero attached hydrogens (tertiary/aromatic N) is 5. The molecule has 3 aromatic heterocycles. The molecule has 0 spiro atoms. The molecule has 1 aliphatic carbocycles. The lowest BCUT2D eigenvalue weighted by atomic mass is 9.96. The number of amides is 2. The van der Waals surface area contributed by atoms with Crippen LogP contribution in [0.2, 0.25) is 0 Å². The maximum Gasteiger partial charge on any atom is 0.247 e. The third-order valence-electron chi connectivity index (χ3n) is 6.68. The predicted octanol–water partition coefficient (Wildman–Crippen LogP) is 4.20. The van der Waals surface area contributed by atoms with Crippen molar-refractivity contribution >= 4 is 22.8 Å². The number of hydrogen-bond donors (Lipinski definition) is 1. The molecule has 1 N–H and O–H groups in total. The van der Waals surface area contributed by atoms with Crippen LogP contribution in [-0.4, -0.2) is 43.2 Å². The van der Waals surface area contributed by atoms with Crippen LogP contribution in [0.1, 0.15) is 49.5 Å². The summed E-state index contributed by atoms with van der Waals surface area (Å²) in [6.45, 7) is 0.624. The first-order chi connectivity index (χ1) is 18.2. The van der Waals surface area contributed by atoms with E-state index in [0.29, 0.717) is 17.9 Å².